The third-order valence-electron chi connectivity index (χ3n) is 8.39. The van der Waals surface area contributed by atoms with E-state index in [4.69, 9.17) is 4.98 Å². The van der Waals surface area contributed by atoms with E-state index in [2.05, 4.69) is 53.4 Å². The SMILES string of the molecule is C[C@@H]1Cc2cnc(NC3CCN(CC(C)(F)F)CC3)nc2CN1C(=O)[C@H]1CCN(C)C[C@@H]1c1ccccc1. The molecule has 0 radical (unpaired) electrons. The molecule has 38 heavy (non-hydrogen) atoms. The van der Waals surface area contributed by atoms with Crippen LogP contribution in [0.4, 0.5) is 14.7 Å². The summed E-state index contributed by atoms with van der Waals surface area (Å²) in [5.41, 5.74) is 3.22. The van der Waals surface area contributed by atoms with Gasteiger partial charge in [-0.25, -0.2) is 18.7 Å². The first kappa shape index (κ1) is 26.9. The van der Waals surface area contributed by atoms with Gasteiger partial charge in [0.2, 0.25) is 11.9 Å². The summed E-state index contributed by atoms with van der Waals surface area (Å²) in [6.45, 7) is 6.45. The molecule has 2 aromatic rings. The molecule has 7 nitrogen and oxygen atoms in total. The van der Waals surface area contributed by atoms with E-state index in [9.17, 15) is 13.6 Å². The molecule has 0 unspecified atom stereocenters. The number of nitrogens with one attached hydrogen (secondary N) is 1. The summed E-state index contributed by atoms with van der Waals surface area (Å²) in [7, 11) is 2.13. The number of amides is 1. The second-order valence-corrected chi connectivity index (χ2v) is 11.6. The van der Waals surface area contributed by atoms with E-state index in [1.165, 1.54) is 5.56 Å². The molecular weight excluding hydrogens is 486 g/mol. The predicted molar refractivity (Wildman–Crippen MR) is 144 cm³/mol. The van der Waals surface area contributed by atoms with Gasteiger partial charge in [-0.3, -0.25) is 9.69 Å². The maximum absolute atomic E-state index is 14.0. The van der Waals surface area contributed by atoms with Crippen LogP contribution >= 0.6 is 0 Å². The van der Waals surface area contributed by atoms with E-state index < -0.39 is 5.92 Å². The number of carbonyl (C=O) groups excluding carboxylic acids is 1. The Morgan fingerprint density at radius 3 is 2.58 bits per heavy atom. The molecule has 0 aliphatic carbocycles. The number of anilines is 1. The van der Waals surface area contributed by atoms with Crippen molar-refractivity contribution in [2.45, 2.75) is 70.0 Å². The highest BCUT2D eigenvalue weighted by atomic mass is 19.3. The van der Waals surface area contributed by atoms with Crippen LogP contribution in [0.25, 0.3) is 0 Å². The van der Waals surface area contributed by atoms with Gasteiger partial charge in [-0.05, 0) is 57.3 Å². The molecule has 2 saturated heterocycles. The minimum Gasteiger partial charge on any atom is -0.351 e. The predicted octanol–water partition coefficient (Wildman–Crippen LogP) is 4.02. The van der Waals surface area contributed by atoms with Gasteiger partial charge in [-0.2, -0.15) is 0 Å². The number of benzene rings is 1. The largest absolute Gasteiger partial charge is 0.351 e. The fourth-order valence-corrected chi connectivity index (χ4v) is 6.33. The Labute approximate surface area is 224 Å². The lowest BCUT2D eigenvalue weighted by Crippen LogP contribution is -2.50. The van der Waals surface area contributed by atoms with Crippen molar-refractivity contribution in [3.05, 3.63) is 53.3 Å². The van der Waals surface area contributed by atoms with Gasteiger partial charge in [0.15, 0.2) is 0 Å². The van der Waals surface area contributed by atoms with E-state index in [0.29, 0.717) is 25.6 Å². The van der Waals surface area contributed by atoms with Crippen molar-refractivity contribution in [3.63, 3.8) is 0 Å². The van der Waals surface area contributed by atoms with Gasteiger partial charge in [0.1, 0.15) is 0 Å². The van der Waals surface area contributed by atoms with Crippen molar-refractivity contribution in [3.8, 4) is 0 Å². The van der Waals surface area contributed by atoms with Crippen LogP contribution in [0.2, 0.25) is 0 Å². The lowest BCUT2D eigenvalue weighted by atomic mass is 9.79. The average molecular weight is 527 g/mol. The number of fused-ring (bicyclic) bond motifs is 1. The first-order chi connectivity index (χ1) is 18.2. The van der Waals surface area contributed by atoms with Crippen LogP contribution in [0.3, 0.4) is 0 Å². The lowest BCUT2D eigenvalue weighted by molar-refractivity contribution is -0.141. The third-order valence-corrected chi connectivity index (χ3v) is 8.39. The first-order valence-corrected chi connectivity index (χ1v) is 13.9. The van der Waals surface area contributed by atoms with E-state index in [-0.39, 0.29) is 36.4 Å². The van der Waals surface area contributed by atoms with Crippen molar-refractivity contribution in [2.24, 2.45) is 5.92 Å². The molecule has 2 fully saturated rings. The number of hydrogen-bond acceptors (Lipinski definition) is 6. The van der Waals surface area contributed by atoms with Gasteiger partial charge in [0, 0.05) is 56.7 Å². The van der Waals surface area contributed by atoms with Crippen LogP contribution in [0, 0.1) is 5.92 Å². The summed E-state index contributed by atoms with van der Waals surface area (Å²) in [6.07, 6.45) is 5.03. The Kier molecular flexibility index (Phi) is 7.95. The summed E-state index contributed by atoms with van der Waals surface area (Å²) >= 11 is 0. The molecule has 0 spiro atoms. The van der Waals surface area contributed by atoms with Gasteiger partial charge < -0.3 is 15.1 Å². The molecule has 1 aromatic carbocycles. The van der Waals surface area contributed by atoms with Gasteiger partial charge in [0.25, 0.3) is 5.92 Å². The monoisotopic (exact) mass is 526 g/mol. The zero-order chi connectivity index (χ0) is 26.9. The van der Waals surface area contributed by atoms with Crippen LogP contribution in [-0.2, 0) is 17.8 Å². The number of piperidine rings is 2. The maximum Gasteiger partial charge on any atom is 0.257 e. The van der Waals surface area contributed by atoms with E-state index in [1.807, 2.05) is 22.1 Å². The highest BCUT2D eigenvalue weighted by molar-refractivity contribution is 5.80. The highest BCUT2D eigenvalue weighted by Crippen LogP contribution is 2.35. The molecule has 4 heterocycles. The Morgan fingerprint density at radius 2 is 1.87 bits per heavy atom. The van der Waals surface area contributed by atoms with Gasteiger partial charge in [0.05, 0.1) is 18.8 Å². The van der Waals surface area contributed by atoms with Gasteiger partial charge in [-0.1, -0.05) is 30.3 Å². The van der Waals surface area contributed by atoms with Gasteiger partial charge >= 0.3 is 0 Å². The van der Waals surface area contributed by atoms with Crippen molar-refractivity contribution in [1.82, 2.24) is 24.7 Å². The number of nitrogens with zero attached hydrogens (tertiary/aromatic N) is 5. The van der Waals surface area contributed by atoms with Crippen LogP contribution in [0.5, 0.6) is 0 Å². The summed E-state index contributed by atoms with van der Waals surface area (Å²) in [5.74, 6) is -1.75. The molecule has 3 aliphatic rings. The number of likely N-dealkylation sites (N-methyl/N-ethyl adjacent to an activating group) is 1. The molecule has 1 N–H and O–H groups in total. The molecule has 1 amide bonds. The number of rotatable bonds is 6. The maximum atomic E-state index is 14.0. The van der Waals surface area contributed by atoms with Crippen molar-refractivity contribution < 1.29 is 13.6 Å². The van der Waals surface area contributed by atoms with Gasteiger partial charge in [-0.15, -0.1) is 0 Å². The average Bonchev–Trinajstić information content (AvgIpc) is 2.89. The van der Waals surface area contributed by atoms with Crippen LogP contribution in [0.15, 0.2) is 36.5 Å². The number of halogens is 2. The van der Waals surface area contributed by atoms with E-state index >= 15 is 0 Å². The number of alkyl halides is 2. The fourth-order valence-electron chi connectivity index (χ4n) is 6.33. The molecule has 0 bridgehead atoms. The van der Waals surface area contributed by atoms with Crippen LogP contribution in [0.1, 0.15) is 55.8 Å². The quantitative estimate of drug-likeness (QED) is 0.614. The van der Waals surface area contributed by atoms with E-state index in [1.54, 1.807) is 0 Å². The number of likely N-dealkylation sites (tertiary alicyclic amines) is 2. The first-order valence-electron chi connectivity index (χ1n) is 13.9. The Hall–Kier alpha value is -2.65. The van der Waals surface area contributed by atoms with Crippen molar-refractivity contribution in [1.29, 1.82) is 0 Å². The molecule has 3 atom stereocenters. The lowest BCUT2D eigenvalue weighted by Gasteiger charge is -2.42. The number of aromatic nitrogens is 2. The highest BCUT2D eigenvalue weighted by Gasteiger charge is 2.39. The molecular formula is C29H40F2N6O. The smallest absolute Gasteiger partial charge is 0.257 e. The van der Waals surface area contributed by atoms with Crippen molar-refractivity contribution >= 4 is 11.9 Å². The summed E-state index contributed by atoms with van der Waals surface area (Å²) in [6, 6.07) is 10.7. The second kappa shape index (κ2) is 11.2. The standard InChI is InChI=1S/C29H40F2N6O/c1-20-15-22-16-32-28(33-23-9-13-36(14-10-23)19-29(2,30)31)34-26(22)18-37(20)27(38)24-11-12-35(3)17-25(24)21-7-5-4-6-8-21/h4-8,16,20,23-25H,9-15,17-19H2,1-3H3,(H,32,33,34)/t20-,24+,25-/m1/s1. The number of hydrogen-bond donors (Lipinski definition) is 1. The zero-order valence-corrected chi connectivity index (χ0v) is 22.7. The molecule has 206 valence electrons. The van der Waals surface area contributed by atoms with Crippen LogP contribution < -0.4 is 5.32 Å². The number of carbonyl (C=O) groups is 1. The Morgan fingerprint density at radius 1 is 1.13 bits per heavy atom. The second-order valence-electron chi connectivity index (χ2n) is 11.6. The summed E-state index contributed by atoms with van der Waals surface area (Å²) < 4.78 is 26.7. The summed E-state index contributed by atoms with van der Waals surface area (Å²) in [4.78, 5) is 29.5. The molecule has 3 aliphatic heterocycles. The Bertz CT molecular complexity index is 1100. The molecule has 9 heteroatoms. The fraction of sp³-hybridized carbons (Fsp3) is 0.621. The summed E-state index contributed by atoms with van der Waals surface area (Å²) in [5, 5.41) is 3.42. The third kappa shape index (κ3) is 6.31. The van der Waals surface area contributed by atoms with E-state index in [0.717, 1.165) is 57.0 Å². The van der Waals surface area contributed by atoms with Crippen molar-refractivity contribution in [2.75, 3.05) is 45.1 Å². The zero-order valence-electron chi connectivity index (χ0n) is 22.7. The topological polar surface area (TPSA) is 64.6 Å². The minimum absolute atomic E-state index is 0.0438. The molecule has 0 saturated carbocycles. The Balaban J connectivity index is 1.25. The normalized spacial score (nSPS) is 25.7. The minimum atomic E-state index is -2.67. The molecule has 1 aromatic heterocycles. The van der Waals surface area contributed by atoms with Crippen LogP contribution in [-0.4, -0.2) is 88.4 Å². The molecule has 5 rings (SSSR count).